The molecule has 0 unspecified atom stereocenters. The van der Waals surface area contributed by atoms with Gasteiger partial charge in [-0.3, -0.25) is 4.98 Å². The van der Waals surface area contributed by atoms with Crippen LogP contribution in [-0.2, 0) is 19.9 Å². The van der Waals surface area contributed by atoms with Gasteiger partial charge in [0.1, 0.15) is 11.3 Å². The van der Waals surface area contributed by atoms with Gasteiger partial charge in [-0.25, -0.2) is 4.39 Å². The average molecular weight is 419 g/mol. The number of nitrogen functional groups attached to an aromatic ring is 1. The molecule has 156 valence electrons. The number of aryl methyl sites for hydroxylation is 1. The van der Waals surface area contributed by atoms with Crippen LogP contribution in [-0.4, -0.2) is 30.0 Å². The van der Waals surface area contributed by atoms with Gasteiger partial charge in [-0.1, -0.05) is 17.2 Å². The Bertz CT molecular complexity index is 1440. The summed E-state index contributed by atoms with van der Waals surface area (Å²) in [5.41, 5.74) is 8.48. The number of nitrogens with zero attached hydrogens (tertiary/aromatic N) is 4. The molecule has 0 bridgehead atoms. The molecule has 0 saturated carbocycles. The summed E-state index contributed by atoms with van der Waals surface area (Å²) in [7, 11) is 1.68. The van der Waals surface area contributed by atoms with Gasteiger partial charge in [0, 0.05) is 30.2 Å². The van der Waals surface area contributed by atoms with Gasteiger partial charge in [0.05, 0.1) is 11.8 Å². The van der Waals surface area contributed by atoms with E-state index in [9.17, 15) is 14.6 Å². The summed E-state index contributed by atoms with van der Waals surface area (Å²) in [4.78, 5) is 4.47. The number of phenols is 1. The molecule has 3 heterocycles. The summed E-state index contributed by atoms with van der Waals surface area (Å²) in [6, 6.07) is 8.15. The lowest BCUT2D eigenvalue weighted by atomic mass is 9.96. The minimum absolute atomic E-state index is 0.0413. The molecule has 5 aromatic rings. The minimum atomic E-state index is -0.294. The molecule has 0 radical (unpaired) electrons. The van der Waals surface area contributed by atoms with Crippen molar-refractivity contribution in [3.63, 3.8) is 0 Å². The van der Waals surface area contributed by atoms with E-state index < -0.39 is 0 Å². The molecule has 5 rings (SSSR count). The molecule has 0 amide bonds. The lowest BCUT2D eigenvalue weighted by Crippen LogP contribution is -1.96. The molecule has 0 fully saturated rings. The second kappa shape index (κ2) is 6.98. The lowest BCUT2D eigenvalue weighted by molar-refractivity contribution is 0.432. The van der Waals surface area contributed by atoms with E-state index in [1.54, 1.807) is 31.6 Å². The molecule has 0 saturated heterocycles. The highest BCUT2D eigenvalue weighted by atomic mass is 19.1. The van der Waals surface area contributed by atoms with Crippen LogP contribution in [0.1, 0.15) is 22.6 Å². The molecule has 2 aromatic carbocycles. The predicted molar refractivity (Wildman–Crippen MR) is 112 cm³/mol. The Morgan fingerprint density at radius 1 is 1.06 bits per heavy atom. The van der Waals surface area contributed by atoms with Gasteiger partial charge in [-0.2, -0.15) is 0 Å². The van der Waals surface area contributed by atoms with Crippen molar-refractivity contribution in [1.82, 2.24) is 19.7 Å². The van der Waals surface area contributed by atoms with Gasteiger partial charge in [0.2, 0.25) is 11.8 Å². The highest BCUT2D eigenvalue weighted by Gasteiger charge is 2.22. The predicted octanol–water partition coefficient (Wildman–Crippen LogP) is 3.42. The van der Waals surface area contributed by atoms with Crippen molar-refractivity contribution in [3.05, 3.63) is 71.1 Å². The summed E-state index contributed by atoms with van der Waals surface area (Å²) in [6.45, 7) is 0. The molecule has 31 heavy (non-hydrogen) atoms. The van der Waals surface area contributed by atoms with E-state index in [-0.39, 0.29) is 29.9 Å². The van der Waals surface area contributed by atoms with Crippen LogP contribution in [0.15, 0.2) is 47.1 Å². The molecule has 0 aliphatic carbocycles. The number of rotatable bonds is 4. The van der Waals surface area contributed by atoms with Crippen LogP contribution in [0.3, 0.4) is 0 Å². The second-order valence-corrected chi connectivity index (χ2v) is 7.43. The number of aromatic nitrogens is 4. The molecule has 0 atom stereocenters. The van der Waals surface area contributed by atoms with E-state index in [2.05, 4.69) is 15.2 Å². The molecule has 0 aliphatic rings. The van der Waals surface area contributed by atoms with Crippen molar-refractivity contribution in [2.24, 2.45) is 7.05 Å². The molecule has 0 spiro atoms. The van der Waals surface area contributed by atoms with E-state index in [4.69, 9.17) is 10.2 Å². The maximum Gasteiger partial charge on any atom is 0.312 e. The first-order valence-corrected chi connectivity index (χ1v) is 9.53. The number of phenolic OH excluding ortho intramolecular Hbond substituents is 1. The highest BCUT2D eigenvalue weighted by Crippen LogP contribution is 2.42. The summed E-state index contributed by atoms with van der Waals surface area (Å²) in [5.74, 6) is -0.168. The zero-order valence-electron chi connectivity index (χ0n) is 16.5. The fraction of sp³-hybridized carbons (Fsp3) is 0.136. The minimum Gasteiger partial charge on any atom is -0.505 e. The Morgan fingerprint density at radius 2 is 1.84 bits per heavy atom. The zero-order valence-corrected chi connectivity index (χ0v) is 16.5. The van der Waals surface area contributed by atoms with Crippen molar-refractivity contribution >= 4 is 27.7 Å². The number of hydrogen-bond acceptors (Lipinski definition) is 7. The molecule has 9 heteroatoms. The molecule has 8 nitrogen and oxygen atoms in total. The summed E-state index contributed by atoms with van der Waals surface area (Å²) in [6.07, 6.45) is 4.16. The maximum absolute atomic E-state index is 13.2. The van der Waals surface area contributed by atoms with Gasteiger partial charge in [-0.05, 0) is 41.3 Å². The van der Waals surface area contributed by atoms with Crippen LogP contribution in [0.4, 0.5) is 10.4 Å². The van der Waals surface area contributed by atoms with Gasteiger partial charge in [-0.15, -0.1) is 5.10 Å². The van der Waals surface area contributed by atoms with Crippen LogP contribution in [0.25, 0.3) is 21.7 Å². The van der Waals surface area contributed by atoms with Crippen molar-refractivity contribution in [2.75, 3.05) is 5.73 Å². The van der Waals surface area contributed by atoms with Crippen molar-refractivity contribution in [3.8, 4) is 11.6 Å². The van der Waals surface area contributed by atoms with Crippen LogP contribution in [0.5, 0.6) is 11.6 Å². The SMILES string of the molecule is Cn1cc2c(Cc3nnc(N)o3)c3cc(Cc4ccc(F)cc4)cnc3c(O)c2c1O. The van der Waals surface area contributed by atoms with Crippen LogP contribution < -0.4 is 5.73 Å². The maximum atomic E-state index is 13.2. The number of benzene rings is 2. The second-order valence-electron chi connectivity index (χ2n) is 7.43. The third-order valence-corrected chi connectivity index (χ3v) is 5.34. The third kappa shape index (κ3) is 3.20. The van der Waals surface area contributed by atoms with E-state index in [1.165, 1.54) is 16.7 Å². The fourth-order valence-electron chi connectivity index (χ4n) is 3.88. The van der Waals surface area contributed by atoms with E-state index in [1.807, 2.05) is 6.07 Å². The van der Waals surface area contributed by atoms with Crippen LogP contribution >= 0.6 is 0 Å². The number of hydrogen-bond donors (Lipinski definition) is 3. The Hall–Kier alpha value is -4.14. The number of pyridine rings is 1. The Labute approximate surface area is 175 Å². The molecular weight excluding hydrogens is 401 g/mol. The summed E-state index contributed by atoms with van der Waals surface area (Å²) < 4.78 is 20.1. The fourth-order valence-corrected chi connectivity index (χ4v) is 3.88. The number of aromatic hydroxyl groups is 2. The number of fused-ring (bicyclic) bond motifs is 2. The molecule has 3 aromatic heterocycles. The number of halogens is 1. The monoisotopic (exact) mass is 419 g/mol. The molecule has 4 N–H and O–H groups in total. The molecule has 0 aliphatic heterocycles. The van der Waals surface area contributed by atoms with Crippen molar-refractivity contribution < 1.29 is 19.0 Å². The quantitative estimate of drug-likeness (QED) is 0.408. The van der Waals surface area contributed by atoms with E-state index in [0.717, 1.165) is 16.7 Å². The Morgan fingerprint density at radius 3 is 2.55 bits per heavy atom. The largest absolute Gasteiger partial charge is 0.505 e. The average Bonchev–Trinajstić information content (AvgIpc) is 3.29. The van der Waals surface area contributed by atoms with Crippen molar-refractivity contribution in [2.45, 2.75) is 12.8 Å². The number of nitrogens with two attached hydrogens (primary N) is 1. The standard InChI is InChI=1S/C22H18FN5O3/c1-28-10-16-14(8-17-26-27-22(24)31-17)15-7-12(6-11-2-4-13(23)5-3-11)9-25-19(15)20(29)18(16)21(28)30/h2-5,7,9-10,29-30H,6,8H2,1H3,(H2,24,27). The van der Waals surface area contributed by atoms with E-state index in [0.29, 0.717) is 34.0 Å². The van der Waals surface area contributed by atoms with Gasteiger partial charge >= 0.3 is 6.01 Å². The van der Waals surface area contributed by atoms with Crippen molar-refractivity contribution in [1.29, 1.82) is 0 Å². The highest BCUT2D eigenvalue weighted by molar-refractivity contribution is 6.09. The van der Waals surface area contributed by atoms with E-state index >= 15 is 0 Å². The lowest BCUT2D eigenvalue weighted by Gasteiger charge is -2.11. The van der Waals surface area contributed by atoms with Gasteiger partial charge < -0.3 is 24.9 Å². The normalized spacial score (nSPS) is 11.5. The zero-order chi connectivity index (χ0) is 21.7. The Balaban J connectivity index is 1.72. The van der Waals surface area contributed by atoms with Gasteiger partial charge in [0.25, 0.3) is 0 Å². The number of anilines is 1. The summed E-state index contributed by atoms with van der Waals surface area (Å²) >= 11 is 0. The first-order valence-electron chi connectivity index (χ1n) is 9.53. The first kappa shape index (κ1) is 18.9. The van der Waals surface area contributed by atoms with Crippen LogP contribution in [0, 0.1) is 5.82 Å². The van der Waals surface area contributed by atoms with Crippen LogP contribution in [0.2, 0.25) is 0 Å². The molecular formula is C22H18FN5O3. The smallest absolute Gasteiger partial charge is 0.312 e. The van der Waals surface area contributed by atoms with Gasteiger partial charge in [0.15, 0.2) is 5.75 Å². The topological polar surface area (TPSA) is 123 Å². The first-order chi connectivity index (χ1) is 14.9. The summed E-state index contributed by atoms with van der Waals surface area (Å²) in [5, 5.41) is 30.6. The third-order valence-electron chi connectivity index (χ3n) is 5.34. The Kier molecular flexibility index (Phi) is 4.25.